The van der Waals surface area contributed by atoms with Gasteiger partial charge in [-0.25, -0.2) is 0 Å². The smallest absolute Gasteiger partial charge is 0.186 e. The van der Waals surface area contributed by atoms with E-state index in [-0.39, 0.29) is 6.10 Å². The van der Waals surface area contributed by atoms with Gasteiger partial charge in [0.15, 0.2) is 6.29 Å². The maximum absolute atomic E-state index is 9.49. The number of rotatable bonds is 1. The molecule has 2 aliphatic heterocycles. The zero-order chi connectivity index (χ0) is 8.72. The summed E-state index contributed by atoms with van der Waals surface area (Å²) in [7, 11) is 1.45. The zero-order valence-corrected chi connectivity index (χ0v) is 6.71. The van der Waals surface area contributed by atoms with Crippen LogP contribution in [0, 0.1) is 0 Å². The average Bonchev–Trinajstić information content (AvgIpc) is 2.31. The van der Waals surface area contributed by atoms with Crippen LogP contribution in [0.3, 0.4) is 0 Å². The second-order valence-corrected chi connectivity index (χ2v) is 3.06. The molecule has 0 aromatic rings. The van der Waals surface area contributed by atoms with E-state index in [0.717, 1.165) is 0 Å². The lowest BCUT2D eigenvalue weighted by Gasteiger charge is -2.33. The summed E-state index contributed by atoms with van der Waals surface area (Å²) in [6.45, 7) is 0.322. The first kappa shape index (κ1) is 8.40. The predicted octanol–water partition coefficient (Wildman–Crippen LogP) is -1.52. The number of hydrogen-bond donors (Lipinski definition) is 2. The van der Waals surface area contributed by atoms with E-state index in [0.29, 0.717) is 6.61 Å². The molecule has 0 aromatic carbocycles. The van der Waals surface area contributed by atoms with Gasteiger partial charge < -0.3 is 24.4 Å². The first-order valence-electron chi connectivity index (χ1n) is 3.90. The average molecular weight is 176 g/mol. The molecule has 0 saturated carbocycles. The first-order chi connectivity index (χ1) is 5.74. The Labute approximate surface area is 69.8 Å². The molecule has 0 aliphatic carbocycles. The van der Waals surface area contributed by atoms with Crippen molar-refractivity contribution in [2.45, 2.75) is 30.7 Å². The van der Waals surface area contributed by atoms with Crippen LogP contribution >= 0.6 is 0 Å². The van der Waals surface area contributed by atoms with Gasteiger partial charge >= 0.3 is 0 Å². The van der Waals surface area contributed by atoms with Crippen LogP contribution < -0.4 is 0 Å². The van der Waals surface area contributed by atoms with Gasteiger partial charge in [0.25, 0.3) is 0 Å². The molecule has 0 radical (unpaired) electrons. The monoisotopic (exact) mass is 176 g/mol. The Morgan fingerprint density at radius 3 is 2.75 bits per heavy atom. The van der Waals surface area contributed by atoms with E-state index in [1.54, 1.807) is 0 Å². The molecule has 2 saturated heterocycles. The van der Waals surface area contributed by atoms with Crippen molar-refractivity contribution in [3.8, 4) is 0 Å². The lowest BCUT2D eigenvalue weighted by Crippen LogP contribution is -2.53. The first-order valence-corrected chi connectivity index (χ1v) is 3.90. The summed E-state index contributed by atoms with van der Waals surface area (Å²) in [6, 6.07) is 0. The second-order valence-electron chi connectivity index (χ2n) is 3.06. The number of methoxy groups -OCH3 is 1. The highest BCUT2D eigenvalue weighted by Crippen LogP contribution is 2.29. The fraction of sp³-hybridized carbons (Fsp3) is 1.00. The highest BCUT2D eigenvalue weighted by atomic mass is 16.7. The predicted molar refractivity (Wildman–Crippen MR) is 37.4 cm³/mol. The van der Waals surface area contributed by atoms with Gasteiger partial charge in [0.2, 0.25) is 0 Å². The van der Waals surface area contributed by atoms with Gasteiger partial charge in [-0.15, -0.1) is 0 Å². The Morgan fingerprint density at radius 1 is 1.33 bits per heavy atom. The van der Waals surface area contributed by atoms with Gasteiger partial charge in [-0.05, 0) is 0 Å². The molecule has 2 rings (SSSR count). The number of hydrogen-bond acceptors (Lipinski definition) is 5. The van der Waals surface area contributed by atoms with Crippen molar-refractivity contribution in [1.82, 2.24) is 0 Å². The molecule has 0 spiro atoms. The van der Waals surface area contributed by atoms with Crippen molar-refractivity contribution < 1.29 is 24.4 Å². The number of fused-ring (bicyclic) bond motifs is 2. The summed E-state index contributed by atoms with van der Waals surface area (Å²) in [5.41, 5.74) is 0. The van der Waals surface area contributed by atoms with Crippen LogP contribution in [-0.2, 0) is 14.2 Å². The molecule has 2 heterocycles. The van der Waals surface area contributed by atoms with Crippen LogP contribution in [0.1, 0.15) is 0 Å². The molecule has 2 N–H and O–H groups in total. The van der Waals surface area contributed by atoms with E-state index in [4.69, 9.17) is 14.2 Å². The number of aliphatic hydroxyl groups is 2. The minimum atomic E-state index is -0.899. The molecule has 0 unspecified atom stereocenters. The Kier molecular flexibility index (Phi) is 2.05. The lowest BCUT2D eigenvalue weighted by atomic mass is 10.0. The Bertz CT molecular complexity index is 173. The lowest BCUT2D eigenvalue weighted by molar-refractivity contribution is -0.253. The third-order valence-corrected chi connectivity index (χ3v) is 2.33. The normalized spacial score (nSPS) is 52.8. The highest BCUT2D eigenvalue weighted by Gasteiger charge is 2.50. The van der Waals surface area contributed by atoms with Crippen LogP contribution in [0.15, 0.2) is 0 Å². The summed E-state index contributed by atoms with van der Waals surface area (Å²) < 4.78 is 15.2. The van der Waals surface area contributed by atoms with E-state index in [1.807, 2.05) is 0 Å². The van der Waals surface area contributed by atoms with E-state index < -0.39 is 24.6 Å². The van der Waals surface area contributed by atoms with E-state index in [1.165, 1.54) is 7.11 Å². The molecule has 2 aliphatic rings. The molecule has 5 heteroatoms. The van der Waals surface area contributed by atoms with Crippen molar-refractivity contribution in [2.24, 2.45) is 0 Å². The second kappa shape index (κ2) is 2.93. The molecule has 12 heavy (non-hydrogen) atoms. The summed E-state index contributed by atoms with van der Waals surface area (Å²) in [5, 5.41) is 18.9. The Balaban J connectivity index is 2.12. The van der Waals surface area contributed by atoms with Gasteiger partial charge in [-0.3, -0.25) is 0 Å². The topological polar surface area (TPSA) is 68.2 Å². The van der Waals surface area contributed by atoms with Gasteiger partial charge in [-0.2, -0.15) is 0 Å². The molecule has 2 bridgehead atoms. The standard InChI is InChI=1S/C7H12O5/c1-10-7-5(9)6-4(8)3(12-7)2-11-6/h3-9H,2H2,1H3/t3-,4+,5+,6+,7+/m1/s1. The molecular weight excluding hydrogens is 164 g/mol. The fourth-order valence-electron chi connectivity index (χ4n) is 1.64. The fourth-order valence-corrected chi connectivity index (χ4v) is 1.64. The van der Waals surface area contributed by atoms with Gasteiger partial charge in [0.05, 0.1) is 6.61 Å². The molecule has 0 aromatic heterocycles. The third-order valence-electron chi connectivity index (χ3n) is 2.33. The SMILES string of the molecule is CO[C@H]1O[C@@H]2CO[C@H]([C@@H]1O)[C@H]2O. The van der Waals surface area contributed by atoms with Crippen LogP contribution in [0.4, 0.5) is 0 Å². The Morgan fingerprint density at radius 2 is 2.08 bits per heavy atom. The molecule has 5 nitrogen and oxygen atoms in total. The van der Waals surface area contributed by atoms with Gasteiger partial charge in [0.1, 0.15) is 24.4 Å². The maximum Gasteiger partial charge on any atom is 0.186 e. The molecule has 70 valence electrons. The molecule has 0 amide bonds. The highest BCUT2D eigenvalue weighted by molar-refractivity contribution is 4.94. The van der Waals surface area contributed by atoms with Crippen molar-refractivity contribution in [2.75, 3.05) is 13.7 Å². The minimum Gasteiger partial charge on any atom is -0.387 e. The maximum atomic E-state index is 9.49. The van der Waals surface area contributed by atoms with Crippen molar-refractivity contribution in [1.29, 1.82) is 0 Å². The van der Waals surface area contributed by atoms with Crippen LogP contribution in [0.25, 0.3) is 0 Å². The van der Waals surface area contributed by atoms with Crippen molar-refractivity contribution in [3.05, 3.63) is 0 Å². The third kappa shape index (κ3) is 1.06. The van der Waals surface area contributed by atoms with Gasteiger partial charge in [0, 0.05) is 7.11 Å². The minimum absolute atomic E-state index is 0.322. The molecule has 5 atom stereocenters. The Hall–Kier alpha value is -0.200. The number of ether oxygens (including phenoxy) is 3. The quantitative estimate of drug-likeness (QED) is 0.507. The summed E-state index contributed by atoms with van der Waals surface area (Å²) in [5.74, 6) is 0. The number of aliphatic hydroxyl groups excluding tert-OH is 2. The van der Waals surface area contributed by atoms with Crippen LogP contribution in [0.2, 0.25) is 0 Å². The zero-order valence-electron chi connectivity index (χ0n) is 6.71. The molecular formula is C7H12O5. The van der Waals surface area contributed by atoms with Crippen molar-refractivity contribution in [3.63, 3.8) is 0 Å². The van der Waals surface area contributed by atoms with E-state index in [9.17, 15) is 10.2 Å². The van der Waals surface area contributed by atoms with Crippen molar-refractivity contribution >= 4 is 0 Å². The van der Waals surface area contributed by atoms with Gasteiger partial charge in [-0.1, -0.05) is 0 Å². The van der Waals surface area contributed by atoms with E-state index in [2.05, 4.69) is 0 Å². The summed E-state index contributed by atoms with van der Waals surface area (Å²) in [4.78, 5) is 0. The largest absolute Gasteiger partial charge is 0.387 e. The molecule has 2 fully saturated rings. The van der Waals surface area contributed by atoms with Crippen LogP contribution in [-0.4, -0.2) is 54.6 Å². The van der Waals surface area contributed by atoms with Crippen LogP contribution in [0.5, 0.6) is 0 Å². The summed E-state index contributed by atoms with van der Waals surface area (Å²) in [6.07, 6.45) is -3.22. The van der Waals surface area contributed by atoms with E-state index >= 15 is 0 Å². The summed E-state index contributed by atoms with van der Waals surface area (Å²) >= 11 is 0.